The number of amides is 1. The Morgan fingerprint density at radius 1 is 0.815 bits per heavy atom. The molecule has 138 valence electrons. The summed E-state index contributed by atoms with van der Waals surface area (Å²) < 4.78 is 26.4. The predicted molar refractivity (Wildman–Crippen MR) is 102 cm³/mol. The molecule has 3 nitrogen and oxygen atoms in total. The fraction of sp³-hybridized carbons (Fsp3) is 0.136. The van der Waals surface area contributed by atoms with Crippen molar-refractivity contribution >= 4 is 11.6 Å². The topological polar surface area (TPSA) is 41.1 Å². The zero-order chi connectivity index (χ0) is 19.2. The van der Waals surface area contributed by atoms with Crippen molar-refractivity contribution in [1.29, 1.82) is 0 Å². The number of rotatable bonds is 6. The molecule has 3 rings (SSSR count). The highest BCUT2D eigenvalue weighted by atomic mass is 19.2. The lowest BCUT2D eigenvalue weighted by molar-refractivity contribution is -0.117. The van der Waals surface area contributed by atoms with E-state index in [9.17, 15) is 13.6 Å². The summed E-state index contributed by atoms with van der Waals surface area (Å²) in [6, 6.07) is 22.1. The van der Waals surface area contributed by atoms with Crippen LogP contribution in [0.25, 0.3) is 0 Å². The van der Waals surface area contributed by atoms with Crippen LogP contribution in [0.3, 0.4) is 0 Å². The third kappa shape index (κ3) is 4.77. The number of hydrogen-bond acceptors (Lipinski definition) is 2. The molecule has 5 heteroatoms. The van der Waals surface area contributed by atoms with Gasteiger partial charge < -0.3 is 5.32 Å². The van der Waals surface area contributed by atoms with Crippen LogP contribution in [0.2, 0.25) is 0 Å². The van der Waals surface area contributed by atoms with Gasteiger partial charge in [0.05, 0.1) is 12.1 Å². The summed E-state index contributed by atoms with van der Waals surface area (Å²) in [5, 5.41) is 5.93. The Balaban J connectivity index is 1.76. The highest BCUT2D eigenvalue weighted by Gasteiger charge is 2.21. The Bertz CT molecular complexity index is 861. The van der Waals surface area contributed by atoms with E-state index < -0.39 is 17.7 Å². The fourth-order valence-electron chi connectivity index (χ4n) is 2.83. The molecule has 0 unspecified atom stereocenters. The Labute approximate surface area is 157 Å². The molecule has 3 aromatic carbocycles. The van der Waals surface area contributed by atoms with Crippen LogP contribution >= 0.6 is 0 Å². The zero-order valence-electron chi connectivity index (χ0n) is 14.8. The van der Waals surface area contributed by atoms with Crippen molar-refractivity contribution in [3.8, 4) is 0 Å². The molecule has 0 aliphatic rings. The molecule has 0 aliphatic carbocycles. The summed E-state index contributed by atoms with van der Waals surface area (Å²) in [7, 11) is 0. The molecule has 0 spiro atoms. The van der Waals surface area contributed by atoms with E-state index in [4.69, 9.17) is 0 Å². The maximum Gasteiger partial charge on any atom is 0.241 e. The second-order valence-electron chi connectivity index (χ2n) is 6.26. The molecular formula is C22H20F2N2O. The van der Waals surface area contributed by atoms with Gasteiger partial charge >= 0.3 is 0 Å². The molecule has 0 heterocycles. The second kappa shape index (κ2) is 8.56. The molecule has 0 radical (unpaired) electrons. The lowest BCUT2D eigenvalue weighted by Crippen LogP contribution is -2.40. The minimum absolute atomic E-state index is 0.182. The van der Waals surface area contributed by atoms with Crippen LogP contribution in [0.1, 0.15) is 24.1 Å². The van der Waals surface area contributed by atoms with Crippen molar-refractivity contribution < 1.29 is 13.6 Å². The van der Waals surface area contributed by atoms with Gasteiger partial charge in [-0.1, -0.05) is 60.7 Å². The first-order chi connectivity index (χ1) is 13.0. The molecule has 0 saturated heterocycles. The van der Waals surface area contributed by atoms with Gasteiger partial charge in [0.15, 0.2) is 11.6 Å². The molecule has 0 bridgehead atoms. The number of halogens is 2. The van der Waals surface area contributed by atoms with Crippen LogP contribution in [-0.2, 0) is 4.79 Å². The monoisotopic (exact) mass is 366 g/mol. The zero-order valence-corrected chi connectivity index (χ0v) is 14.8. The number of carbonyl (C=O) groups excluding carboxylic acids is 1. The molecule has 0 aromatic heterocycles. The number of anilines is 1. The van der Waals surface area contributed by atoms with E-state index in [0.29, 0.717) is 0 Å². The van der Waals surface area contributed by atoms with Gasteiger partial charge in [-0.05, 0) is 30.2 Å². The van der Waals surface area contributed by atoms with Gasteiger partial charge in [-0.3, -0.25) is 10.1 Å². The summed E-state index contributed by atoms with van der Waals surface area (Å²) in [5.74, 6) is -2.29. The average Bonchev–Trinajstić information content (AvgIpc) is 2.70. The predicted octanol–water partition coefficient (Wildman–Crippen LogP) is 4.67. The van der Waals surface area contributed by atoms with E-state index in [1.54, 1.807) is 6.92 Å². The summed E-state index contributed by atoms with van der Waals surface area (Å²) in [6.07, 6.45) is 0. The molecule has 1 atom stereocenters. The van der Waals surface area contributed by atoms with Gasteiger partial charge in [0.2, 0.25) is 5.91 Å². The van der Waals surface area contributed by atoms with Crippen LogP contribution < -0.4 is 10.6 Å². The molecule has 0 fully saturated rings. The van der Waals surface area contributed by atoms with Crippen LogP contribution in [-0.4, -0.2) is 11.9 Å². The van der Waals surface area contributed by atoms with Crippen molar-refractivity contribution in [2.75, 3.05) is 5.32 Å². The maximum atomic E-state index is 13.3. The van der Waals surface area contributed by atoms with Crippen LogP contribution in [0.4, 0.5) is 14.5 Å². The molecule has 1 amide bonds. The SMILES string of the molecule is C[C@@H](NC(c1ccccc1)c1ccccc1)C(=O)Nc1ccc(F)c(F)c1. The molecular weight excluding hydrogens is 346 g/mol. The lowest BCUT2D eigenvalue weighted by Gasteiger charge is -2.24. The van der Waals surface area contributed by atoms with Crippen molar-refractivity contribution in [2.45, 2.75) is 19.0 Å². The van der Waals surface area contributed by atoms with E-state index >= 15 is 0 Å². The van der Waals surface area contributed by atoms with Crippen LogP contribution in [0, 0.1) is 11.6 Å². The summed E-state index contributed by atoms with van der Waals surface area (Å²) >= 11 is 0. The first-order valence-electron chi connectivity index (χ1n) is 8.66. The number of hydrogen-bond donors (Lipinski definition) is 2. The normalized spacial score (nSPS) is 12.0. The van der Waals surface area contributed by atoms with Crippen LogP contribution in [0.5, 0.6) is 0 Å². The summed E-state index contributed by atoms with van der Waals surface area (Å²) in [4.78, 5) is 12.5. The highest BCUT2D eigenvalue weighted by molar-refractivity contribution is 5.94. The van der Waals surface area contributed by atoms with Gasteiger partial charge in [-0.15, -0.1) is 0 Å². The molecule has 0 saturated carbocycles. The first-order valence-corrected chi connectivity index (χ1v) is 8.66. The fourth-order valence-corrected chi connectivity index (χ4v) is 2.83. The van der Waals surface area contributed by atoms with Gasteiger partial charge in [0, 0.05) is 11.8 Å². The molecule has 27 heavy (non-hydrogen) atoms. The minimum Gasteiger partial charge on any atom is -0.325 e. The molecule has 3 aromatic rings. The number of benzene rings is 3. The van der Waals surface area contributed by atoms with E-state index in [1.165, 1.54) is 6.07 Å². The lowest BCUT2D eigenvalue weighted by atomic mass is 9.98. The van der Waals surface area contributed by atoms with Crippen molar-refractivity contribution in [1.82, 2.24) is 5.32 Å². The Kier molecular flexibility index (Phi) is 5.94. The first kappa shape index (κ1) is 18.7. The highest BCUT2D eigenvalue weighted by Crippen LogP contribution is 2.22. The Morgan fingerprint density at radius 3 is 1.89 bits per heavy atom. The summed E-state index contributed by atoms with van der Waals surface area (Å²) in [6.45, 7) is 1.73. The second-order valence-corrected chi connectivity index (χ2v) is 6.26. The quantitative estimate of drug-likeness (QED) is 0.666. The Hall–Kier alpha value is -3.05. The largest absolute Gasteiger partial charge is 0.325 e. The van der Waals surface area contributed by atoms with E-state index in [-0.39, 0.29) is 17.6 Å². The smallest absolute Gasteiger partial charge is 0.241 e. The third-order valence-electron chi connectivity index (χ3n) is 4.26. The standard InChI is InChI=1S/C22H20F2N2O/c1-15(22(27)26-18-12-13-19(23)20(24)14-18)25-21(16-8-4-2-5-9-16)17-10-6-3-7-11-17/h2-15,21,25H,1H3,(H,26,27)/t15-/m1/s1. The number of nitrogens with one attached hydrogen (secondary N) is 2. The van der Waals surface area contributed by atoms with Crippen LogP contribution in [0.15, 0.2) is 78.9 Å². The van der Waals surface area contributed by atoms with Gasteiger partial charge in [0.1, 0.15) is 0 Å². The molecule has 0 aliphatic heterocycles. The number of carbonyl (C=O) groups is 1. The van der Waals surface area contributed by atoms with E-state index in [2.05, 4.69) is 10.6 Å². The average molecular weight is 366 g/mol. The van der Waals surface area contributed by atoms with Gasteiger partial charge in [-0.2, -0.15) is 0 Å². The van der Waals surface area contributed by atoms with Gasteiger partial charge in [0.25, 0.3) is 0 Å². The van der Waals surface area contributed by atoms with Gasteiger partial charge in [-0.25, -0.2) is 8.78 Å². The van der Waals surface area contributed by atoms with Crippen molar-refractivity contribution in [3.63, 3.8) is 0 Å². The Morgan fingerprint density at radius 2 is 1.37 bits per heavy atom. The minimum atomic E-state index is -1.00. The van der Waals surface area contributed by atoms with E-state index in [0.717, 1.165) is 23.3 Å². The third-order valence-corrected chi connectivity index (χ3v) is 4.26. The summed E-state index contributed by atoms with van der Waals surface area (Å²) in [5.41, 5.74) is 2.26. The van der Waals surface area contributed by atoms with Crippen molar-refractivity contribution in [3.05, 3.63) is 102 Å². The van der Waals surface area contributed by atoms with Crippen molar-refractivity contribution in [2.24, 2.45) is 0 Å². The molecule has 2 N–H and O–H groups in total. The van der Waals surface area contributed by atoms with E-state index in [1.807, 2.05) is 60.7 Å². The maximum absolute atomic E-state index is 13.3.